The number of hydrogen-bond acceptors (Lipinski definition) is 5. The van der Waals surface area contributed by atoms with Crippen molar-refractivity contribution in [2.45, 2.75) is 6.54 Å². The van der Waals surface area contributed by atoms with Crippen molar-refractivity contribution in [1.82, 2.24) is 9.80 Å². The molecule has 0 spiro atoms. The minimum atomic E-state index is -3.47. The van der Waals surface area contributed by atoms with Gasteiger partial charge in [-0.1, -0.05) is 72.8 Å². The Bertz CT molecular complexity index is 1270. The van der Waals surface area contributed by atoms with E-state index in [9.17, 15) is 13.2 Å². The van der Waals surface area contributed by atoms with Crippen LogP contribution in [0.2, 0.25) is 0 Å². The van der Waals surface area contributed by atoms with Gasteiger partial charge >= 0.3 is 0 Å². The van der Waals surface area contributed by atoms with E-state index in [-0.39, 0.29) is 19.1 Å². The maximum Gasteiger partial charge on any atom is 0.260 e. The Morgan fingerprint density at radius 2 is 1.51 bits per heavy atom. The summed E-state index contributed by atoms with van der Waals surface area (Å²) < 4.78 is 31.9. The van der Waals surface area contributed by atoms with Gasteiger partial charge in [-0.05, 0) is 35.4 Å². The Morgan fingerprint density at radius 3 is 2.14 bits per heavy atom. The van der Waals surface area contributed by atoms with Crippen LogP contribution < -0.4 is 9.04 Å². The van der Waals surface area contributed by atoms with Crippen molar-refractivity contribution in [1.29, 1.82) is 0 Å². The van der Waals surface area contributed by atoms with Gasteiger partial charge in [0, 0.05) is 32.7 Å². The van der Waals surface area contributed by atoms with Crippen LogP contribution in [-0.4, -0.2) is 69.7 Å². The number of carbonyl (C=O) groups is 1. The minimum Gasteiger partial charge on any atom is -0.484 e. The van der Waals surface area contributed by atoms with E-state index in [1.807, 2.05) is 53.4 Å². The highest BCUT2D eigenvalue weighted by molar-refractivity contribution is 7.92. The fourth-order valence-electron chi connectivity index (χ4n) is 4.18. The van der Waals surface area contributed by atoms with E-state index in [1.165, 1.54) is 16.1 Å². The summed E-state index contributed by atoms with van der Waals surface area (Å²) in [7, 11) is -3.47. The summed E-state index contributed by atoms with van der Waals surface area (Å²) in [5.74, 6) is 0.473. The predicted molar refractivity (Wildman–Crippen MR) is 148 cm³/mol. The van der Waals surface area contributed by atoms with Crippen molar-refractivity contribution in [3.63, 3.8) is 0 Å². The zero-order valence-corrected chi connectivity index (χ0v) is 21.9. The number of benzene rings is 3. The van der Waals surface area contributed by atoms with Gasteiger partial charge in [0.2, 0.25) is 10.0 Å². The summed E-state index contributed by atoms with van der Waals surface area (Å²) in [6.45, 7) is 4.03. The Balaban J connectivity index is 1.24. The predicted octanol–water partition coefficient (Wildman–Crippen LogP) is 3.89. The maximum absolute atomic E-state index is 12.7. The van der Waals surface area contributed by atoms with Gasteiger partial charge in [0.15, 0.2) is 6.61 Å². The molecule has 1 saturated heterocycles. The molecule has 4 rings (SSSR count). The first-order chi connectivity index (χ1) is 17.9. The van der Waals surface area contributed by atoms with E-state index in [1.54, 1.807) is 24.3 Å². The second kappa shape index (κ2) is 12.6. The van der Waals surface area contributed by atoms with Gasteiger partial charge in [0.25, 0.3) is 5.91 Å². The summed E-state index contributed by atoms with van der Waals surface area (Å²) in [6.07, 6.45) is 5.47. The number of sulfonamides is 1. The SMILES string of the molecule is CS(=O)(=O)N(Cc1ccccc1)c1ccc(OCC(=O)N2CCN(C/C=C/c3ccccc3)CC2)cc1. The lowest BCUT2D eigenvalue weighted by atomic mass is 10.2. The molecular weight excluding hydrogens is 486 g/mol. The Labute approximate surface area is 219 Å². The number of nitrogens with zero attached hydrogens (tertiary/aromatic N) is 3. The molecule has 0 aromatic heterocycles. The molecule has 1 aliphatic heterocycles. The van der Waals surface area contributed by atoms with E-state index in [2.05, 4.69) is 29.2 Å². The van der Waals surface area contributed by atoms with Crippen LogP contribution in [0.1, 0.15) is 11.1 Å². The third kappa shape index (κ3) is 7.93. The quantitative estimate of drug-likeness (QED) is 0.407. The van der Waals surface area contributed by atoms with Gasteiger partial charge in [-0.25, -0.2) is 8.42 Å². The lowest BCUT2D eigenvalue weighted by Crippen LogP contribution is -2.49. The molecule has 1 heterocycles. The molecule has 7 nitrogen and oxygen atoms in total. The molecule has 0 aliphatic carbocycles. The molecule has 0 bridgehead atoms. The van der Waals surface area contributed by atoms with Crippen LogP contribution in [0.5, 0.6) is 5.75 Å². The molecule has 0 radical (unpaired) electrons. The van der Waals surface area contributed by atoms with E-state index >= 15 is 0 Å². The second-order valence-corrected chi connectivity index (χ2v) is 10.9. The fourth-order valence-corrected chi connectivity index (χ4v) is 5.06. The number of rotatable bonds is 10. The first kappa shape index (κ1) is 26.4. The van der Waals surface area contributed by atoms with E-state index in [0.29, 0.717) is 24.5 Å². The molecule has 3 aromatic carbocycles. The molecule has 0 saturated carbocycles. The van der Waals surface area contributed by atoms with Crippen molar-refractivity contribution >= 4 is 27.7 Å². The number of anilines is 1. The van der Waals surface area contributed by atoms with Crippen LogP contribution in [0.15, 0.2) is 91.0 Å². The molecule has 37 heavy (non-hydrogen) atoms. The Hall–Kier alpha value is -3.62. The van der Waals surface area contributed by atoms with Crippen LogP contribution >= 0.6 is 0 Å². The first-order valence-electron chi connectivity index (χ1n) is 12.3. The van der Waals surface area contributed by atoms with Crippen LogP contribution in [-0.2, 0) is 21.4 Å². The molecule has 194 valence electrons. The molecule has 1 aliphatic rings. The van der Waals surface area contributed by atoms with Gasteiger partial charge < -0.3 is 9.64 Å². The number of hydrogen-bond donors (Lipinski definition) is 0. The second-order valence-electron chi connectivity index (χ2n) is 9.03. The topological polar surface area (TPSA) is 70.2 Å². The van der Waals surface area contributed by atoms with Crippen LogP contribution in [0.25, 0.3) is 6.08 Å². The molecule has 0 unspecified atom stereocenters. The summed E-state index contributed by atoms with van der Waals surface area (Å²) in [5, 5.41) is 0. The van der Waals surface area contributed by atoms with E-state index in [0.717, 1.165) is 25.2 Å². The van der Waals surface area contributed by atoms with Crippen LogP contribution in [0, 0.1) is 0 Å². The molecule has 0 N–H and O–H groups in total. The molecule has 8 heteroatoms. The monoisotopic (exact) mass is 519 g/mol. The lowest BCUT2D eigenvalue weighted by molar-refractivity contribution is -0.135. The highest BCUT2D eigenvalue weighted by atomic mass is 32.2. The number of carbonyl (C=O) groups excluding carboxylic acids is 1. The highest BCUT2D eigenvalue weighted by Gasteiger charge is 2.21. The highest BCUT2D eigenvalue weighted by Crippen LogP contribution is 2.24. The standard InChI is InChI=1S/C29H33N3O4S/c1-37(34,35)32(23-26-11-6-3-7-12-26)27-14-16-28(17-15-27)36-24-29(33)31-21-19-30(20-22-31)18-8-13-25-9-4-2-5-10-25/h2-17H,18-24H2,1H3/b13-8+. The van der Waals surface area contributed by atoms with E-state index < -0.39 is 10.0 Å². The van der Waals surface area contributed by atoms with Gasteiger partial charge in [-0.2, -0.15) is 0 Å². The van der Waals surface area contributed by atoms with Gasteiger partial charge in [0.05, 0.1) is 18.5 Å². The van der Waals surface area contributed by atoms with Crippen molar-refractivity contribution in [3.05, 3.63) is 102 Å². The number of amides is 1. The first-order valence-corrected chi connectivity index (χ1v) is 14.2. The smallest absolute Gasteiger partial charge is 0.260 e. The van der Waals surface area contributed by atoms with Crippen LogP contribution in [0.3, 0.4) is 0 Å². The van der Waals surface area contributed by atoms with Crippen molar-refractivity contribution < 1.29 is 17.9 Å². The molecule has 1 fully saturated rings. The number of piperazine rings is 1. The number of ether oxygens (including phenoxy) is 1. The fraction of sp³-hybridized carbons (Fsp3) is 0.276. The Kier molecular flexibility index (Phi) is 8.98. The average Bonchev–Trinajstić information content (AvgIpc) is 2.92. The zero-order chi connectivity index (χ0) is 26.1. The summed E-state index contributed by atoms with van der Waals surface area (Å²) in [6, 6.07) is 26.4. The molecule has 0 atom stereocenters. The van der Waals surface area contributed by atoms with Crippen molar-refractivity contribution in [3.8, 4) is 5.75 Å². The van der Waals surface area contributed by atoms with Gasteiger partial charge in [0.1, 0.15) is 5.75 Å². The van der Waals surface area contributed by atoms with Crippen LogP contribution in [0.4, 0.5) is 5.69 Å². The maximum atomic E-state index is 12.7. The normalized spacial score (nSPS) is 14.6. The Morgan fingerprint density at radius 1 is 0.892 bits per heavy atom. The largest absolute Gasteiger partial charge is 0.484 e. The molecule has 3 aromatic rings. The van der Waals surface area contributed by atoms with Gasteiger partial charge in [-0.3, -0.25) is 14.0 Å². The van der Waals surface area contributed by atoms with Gasteiger partial charge in [-0.15, -0.1) is 0 Å². The van der Waals surface area contributed by atoms with Crippen molar-refractivity contribution in [2.75, 3.05) is 49.9 Å². The summed E-state index contributed by atoms with van der Waals surface area (Å²) >= 11 is 0. The average molecular weight is 520 g/mol. The molecular formula is C29H33N3O4S. The third-order valence-corrected chi connectivity index (χ3v) is 7.40. The minimum absolute atomic E-state index is 0.0485. The third-order valence-electron chi connectivity index (χ3n) is 6.25. The lowest BCUT2D eigenvalue weighted by Gasteiger charge is -2.34. The van der Waals surface area contributed by atoms with Crippen molar-refractivity contribution in [2.24, 2.45) is 0 Å². The van der Waals surface area contributed by atoms with E-state index in [4.69, 9.17) is 4.74 Å². The molecule has 1 amide bonds. The summed E-state index contributed by atoms with van der Waals surface area (Å²) in [5.41, 5.74) is 2.62. The zero-order valence-electron chi connectivity index (χ0n) is 21.1. The summed E-state index contributed by atoms with van der Waals surface area (Å²) in [4.78, 5) is 16.8.